The molecule has 2 aromatic rings. The number of benzene rings is 2. The van der Waals surface area contributed by atoms with Crippen LogP contribution in [-0.4, -0.2) is 53.3 Å². The van der Waals surface area contributed by atoms with Gasteiger partial charge in [0.25, 0.3) is 0 Å². The molecule has 1 aliphatic heterocycles. The van der Waals surface area contributed by atoms with E-state index in [0.29, 0.717) is 18.8 Å². The van der Waals surface area contributed by atoms with Gasteiger partial charge in [-0.15, -0.1) is 0 Å². The van der Waals surface area contributed by atoms with Crippen LogP contribution in [0.1, 0.15) is 101 Å². The first kappa shape index (κ1) is 39.2. The Bertz CT molecular complexity index is 1660. The second-order valence-electron chi connectivity index (χ2n) is 15.1. The number of aryl methyl sites for hydroxylation is 1. The van der Waals surface area contributed by atoms with Crippen molar-refractivity contribution in [1.82, 2.24) is 5.32 Å². The number of hydrogen-bond acceptors (Lipinski definition) is 8. The number of aliphatic hydroxyl groups is 2. The molecule has 0 spiro atoms. The summed E-state index contributed by atoms with van der Waals surface area (Å²) in [5.41, 5.74) is 9.82. The minimum absolute atomic E-state index is 0.0152. The number of phenols is 1. The Balaban J connectivity index is 1.73. The zero-order valence-electron chi connectivity index (χ0n) is 31.2. The molecule has 0 aromatic heterocycles. The maximum absolute atomic E-state index is 14.8. The number of nitrogens with one attached hydrogen (secondary N) is 1. The zero-order chi connectivity index (χ0) is 37.2. The van der Waals surface area contributed by atoms with Crippen LogP contribution in [0.15, 0.2) is 66.0 Å². The molecule has 8 nitrogen and oxygen atoms in total. The lowest BCUT2D eigenvalue weighted by Crippen LogP contribution is -2.44. The van der Waals surface area contributed by atoms with Crippen LogP contribution in [0.3, 0.4) is 0 Å². The Morgan fingerprint density at radius 2 is 1.83 bits per heavy atom. The van der Waals surface area contributed by atoms with Gasteiger partial charge >= 0.3 is 0 Å². The number of Topliss-reactive ketones (excluding diaryl/α,β-unsaturated/α-hetero) is 2. The molecule has 5 rings (SSSR count). The quantitative estimate of drug-likeness (QED) is 0.0947. The van der Waals surface area contributed by atoms with Crippen LogP contribution in [0.4, 0.5) is 0 Å². The van der Waals surface area contributed by atoms with E-state index in [0.717, 1.165) is 73.6 Å². The highest BCUT2D eigenvalue weighted by Gasteiger charge is 2.47. The molecule has 8 atom stereocenters. The third kappa shape index (κ3) is 9.29. The average Bonchev–Trinajstić information content (AvgIpc) is 3.29. The molecule has 3 aliphatic rings. The van der Waals surface area contributed by atoms with Crippen LogP contribution >= 0.6 is 0 Å². The van der Waals surface area contributed by atoms with E-state index < -0.39 is 35.4 Å². The number of aromatic hydroxyl groups is 1. The molecule has 280 valence electrons. The number of unbranched alkanes of at least 4 members (excludes halogenated alkanes) is 2. The van der Waals surface area contributed by atoms with Crippen molar-refractivity contribution in [2.75, 3.05) is 20.3 Å². The van der Waals surface area contributed by atoms with Crippen molar-refractivity contribution in [3.8, 4) is 23.3 Å². The fourth-order valence-electron chi connectivity index (χ4n) is 9.10. The first-order valence-corrected chi connectivity index (χ1v) is 19.4. The third-order valence-corrected chi connectivity index (χ3v) is 11.7. The van der Waals surface area contributed by atoms with Crippen LogP contribution in [0.5, 0.6) is 11.5 Å². The molecule has 2 aromatic carbocycles. The molecule has 6 N–H and O–H groups in total. The molecule has 8 heteroatoms. The number of fused-ring (bicyclic) bond motifs is 2. The van der Waals surface area contributed by atoms with Crippen LogP contribution < -0.4 is 15.8 Å². The molecular weight excluding hydrogens is 652 g/mol. The Labute approximate surface area is 309 Å². The maximum atomic E-state index is 14.8. The fraction of sp³-hybridized carbons (Fsp3) is 0.545. The van der Waals surface area contributed by atoms with Crippen LogP contribution in [-0.2, 0) is 16.0 Å². The lowest BCUT2D eigenvalue weighted by atomic mass is 9.66. The van der Waals surface area contributed by atoms with E-state index in [-0.39, 0.29) is 54.6 Å². The first-order chi connectivity index (χ1) is 25.2. The largest absolute Gasteiger partial charge is 0.504 e. The number of rotatable bonds is 12. The number of allylic oxidation sites excluding steroid dienone is 2. The molecule has 8 unspecified atom stereocenters. The highest BCUT2D eigenvalue weighted by atomic mass is 16.5. The highest BCUT2D eigenvalue weighted by molar-refractivity contribution is 6.06. The van der Waals surface area contributed by atoms with E-state index in [4.69, 9.17) is 10.5 Å². The fourth-order valence-corrected chi connectivity index (χ4v) is 9.10. The van der Waals surface area contributed by atoms with Gasteiger partial charge in [0.2, 0.25) is 0 Å². The van der Waals surface area contributed by atoms with Gasteiger partial charge in [-0.3, -0.25) is 9.59 Å². The van der Waals surface area contributed by atoms with E-state index in [9.17, 15) is 24.9 Å². The second-order valence-corrected chi connectivity index (χ2v) is 15.1. The van der Waals surface area contributed by atoms with Crippen LogP contribution in [0.2, 0.25) is 0 Å². The number of hydrogen-bond donors (Lipinski definition) is 5. The van der Waals surface area contributed by atoms with Gasteiger partial charge in [0.05, 0.1) is 18.8 Å². The Morgan fingerprint density at radius 1 is 1.04 bits per heavy atom. The normalized spacial score (nSPS) is 27.1. The number of nitrogens with two attached hydrogens (primary N) is 1. The lowest BCUT2D eigenvalue weighted by Gasteiger charge is -2.38. The van der Waals surface area contributed by atoms with Crippen LogP contribution in [0, 0.1) is 47.3 Å². The van der Waals surface area contributed by atoms with Gasteiger partial charge in [0, 0.05) is 31.4 Å². The van der Waals surface area contributed by atoms with Gasteiger partial charge < -0.3 is 31.1 Å². The molecule has 0 saturated heterocycles. The summed E-state index contributed by atoms with van der Waals surface area (Å²) in [7, 11) is 1.48. The monoisotopic (exact) mass is 710 g/mol. The molecule has 0 bridgehead atoms. The number of methoxy groups -OCH3 is 1. The van der Waals surface area contributed by atoms with Gasteiger partial charge in [0.1, 0.15) is 0 Å². The summed E-state index contributed by atoms with van der Waals surface area (Å²) in [5, 5.41) is 36.6. The average molecular weight is 711 g/mol. The van der Waals surface area contributed by atoms with Crippen molar-refractivity contribution in [3.63, 3.8) is 0 Å². The Morgan fingerprint density at radius 3 is 2.52 bits per heavy atom. The molecule has 1 saturated carbocycles. The standard InChI is InChI=1S/C44H58N2O6/c1-4-6-8-14-35-36(33(27-47)11-5-2)23-29(21-28-19-20-46-41(45)24-28)22-32-15-17-34(30-12-9-7-10-13-30)37-26-39(49)40(52-3)25-31(37)16-18-38(48)43(50)44(51)42(32)35/h7,9-10,12-13,19,24-26,29,32-36,42-43,46-47,49-50H,4-6,8,11,14,16,18,20-23,27,45H2,1-3H3. The van der Waals surface area contributed by atoms with Gasteiger partial charge in [-0.2, -0.15) is 0 Å². The van der Waals surface area contributed by atoms with E-state index in [2.05, 4.69) is 37.1 Å². The van der Waals surface area contributed by atoms with E-state index in [1.165, 1.54) is 7.11 Å². The minimum atomic E-state index is -1.76. The Kier molecular flexibility index (Phi) is 14.0. The summed E-state index contributed by atoms with van der Waals surface area (Å²) in [5.74, 6) is 5.64. The van der Waals surface area contributed by atoms with Gasteiger partial charge in [0.15, 0.2) is 29.2 Å². The summed E-state index contributed by atoms with van der Waals surface area (Å²) in [6.07, 6.45) is 10.2. The highest BCUT2D eigenvalue weighted by Crippen LogP contribution is 2.49. The molecule has 1 heterocycles. The van der Waals surface area contributed by atoms with Gasteiger partial charge in [-0.1, -0.05) is 87.8 Å². The Hall–Kier alpha value is -4.06. The summed E-state index contributed by atoms with van der Waals surface area (Å²) in [6.45, 7) is 4.96. The molecule has 52 heavy (non-hydrogen) atoms. The van der Waals surface area contributed by atoms with Crippen molar-refractivity contribution in [3.05, 3.63) is 82.7 Å². The number of ketones is 2. The lowest BCUT2D eigenvalue weighted by molar-refractivity contribution is -0.144. The van der Waals surface area contributed by atoms with Gasteiger partial charge in [-0.25, -0.2) is 0 Å². The third-order valence-electron chi connectivity index (χ3n) is 11.7. The summed E-state index contributed by atoms with van der Waals surface area (Å²) in [4.78, 5) is 28.6. The molecule has 1 fully saturated rings. The summed E-state index contributed by atoms with van der Waals surface area (Å²) < 4.78 is 5.45. The van der Waals surface area contributed by atoms with E-state index in [1.54, 1.807) is 12.1 Å². The topological polar surface area (TPSA) is 142 Å². The predicted octanol–water partition coefficient (Wildman–Crippen LogP) is 6.56. The van der Waals surface area contributed by atoms with Crippen LogP contribution in [0.25, 0.3) is 0 Å². The number of ether oxygens (including phenoxy) is 1. The maximum Gasteiger partial charge on any atom is 0.173 e. The molecular formula is C44H58N2O6. The van der Waals surface area contributed by atoms with Crippen molar-refractivity contribution in [1.29, 1.82) is 0 Å². The number of carbonyl (C=O) groups is 2. The number of aliphatic hydroxyl groups excluding tert-OH is 2. The number of dihydropyridines is 1. The van der Waals surface area contributed by atoms with Crippen molar-refractivity contribution in [2.45, 2.75) is 96.5 Å². The van der Waals surface area contributed by atoms with Crippen molar-refractivity contribution < 1.29 is 29.6 Å². The summed E-state index contributed by atoms with van der Waals surface area (Å²) in [6, 6.07) is 13.3. The molecule has 0 radical (unpaired) electrons. The molecule has 0 amide bonds. The summed E-state index contributed by atoms with van der Waals surface area (Å²) >= 11 is 0. The predicted molar refractivity (Wildman–Crippen MR) is 204 cm³/mol. The van der Waals surface area contributed by atoms with E-state index >= 15 is 0 Å². The minimum Gasteiger partial charge on any atom is -0.504 e. The molecule has 2 aliphatic carbocycles. The second kappa shape index (κ2) is 18.6. The first-order valence-electron chi connectivity index (χ1n) is 19.4. The van der Waals surface area contributed by atoms with Crippen molar-refractivity contribution in [2.24, 2.45) is 41.2 Å². The zero-order valence-corrected chi connectivity index (χ0v) is 31.2. The number of phenolic OH excluding ortho intramolecular Hbond substituents is 1. The smallest absolute Gasteiger partial charge is 0.173 e. The SMILES string of the molecule is CCCCCC1C(C(CO)CCC)CC(CC2=CCNC(N)=C2)CC2C#CC(c3ccccc3)c3cc(O)c(OC)cc3CCC(=O)C(O)C(=O)C21. The van der Waals surface area contributed by atoms with Crippen molar-refractivity contribution >= 4 is 11.6 Å². The van der Waals surface area contributed by atoms with E-state index in [1.807, 2.05) is 36.4 Å². The van der Waals surface area contributed by atoms with Gasteiger partial charge in [-0.05, 0) is 103 Å². The number of carbonyl (C=O) groups excluding carboxylic acids is 2.